The lowest BCUT2D eigenvalue weighted by atomic mass is 10.2. The molecule has 0 aliphatic heterocycles. The van der Waals surface area contributed by atoms with Crippen molar-refractivity contribution < 1.29 is 9.72 Å². The van der Waals surface area contributed by atoms with E-state index in [1.807, 2.05) is 31.2 Å². The number of nitrogens with one attached hydrogen (secondary N) is 1. The molecule has 0 atom stereocenters. The molecule has 0 unspecified atom stereocenters. The second kappa shape index (κ2) is 6.37. The smallest absolute Gasteiger partial charge is 0.390 e. The minimum atomic E-state index is -0.732. The first kappa shape index (κ1) is 14.3. The maximum Gasteiger partial charge on any atom is 0.490 e. The number of rotatable bonds is 5. The Bertz CT molecular complexity index is 677. The van der Waals surface area contributed by atoms with Crippen molar-refractivity contribution in [2.45, 2.75) is 13.5 Å². The zero-order chi connectivity index (χ0) is 15.2. The fourth-order valence-corrected chi connectivity index (χ4v) is 1.46. The van der Waals surface area contributed by atoms with Gasteiger partial charge in [0, 0.05) is 5.10 Å². The van der Waals surface area contributed by atoms with E-state index in [1.54, 1.807) is 0 Å². The summed E-state index contributed by atoms with van der Waals surface area (Å²) >= 11 is 0. The van der Waals surface area contributed by atoms with Gasteiger partial charge >= 0.3 is 5.95 Å². The zero-order valence-electron chi connectivity index (χ0n) is 11.1. The normalized spacial score (nSPS) is 10.7. The second-order valence-corrected chi connectivity index (χ2v) is 4.20. The highest BCUT2D eigenvalue weighted by Crippen LogP contribution is 2.00. The molecule has 1 N–H and O–H groups in total. The van der Waals surface area contributed by atoms with Crippen LogP contribution < -0.4 is 5.43 Å². The van der Waals surface area contributed by atoms with Gasteiger partial charge in [0.05, 0.1) is 6.21 Å². The van der Waals surface area contributed by atoms with Gasteiger partial charge in [-0.2, -0.15) is 9.78 Å². The summed E-state index contributed by atoms with van der Waals surface area (Å²) in [6, 6.07) is 7.59. The Morgan fingerprint density at radius 3 is 2.81 bits per heavy atom. The number of benzene rings is 1. The lowest BCUT2D eigenvalue weighted by Crippen LogP contribution is -2.23. The summed E-state index contributed by atoms with van der Waals surface area (Å²) in [7, 11) is 0. The van der Waals surface area contributed by atoms with E-state index in [4.69, 9.17) is 0 Å². The molecular weight excluding hydrogens is 276 g/mol. The summed E-state index contributed by atoms with van der Waals surface area (Å²) in [6.45, 7) is 1.77. The molecule has 0 radical (unpaired) electrons. The van der Waals surface area contributed by atoms with Gasteiger partial charge in [0.15, 0.2) is 0 Å². The third-order valence-electron chi connectivity index (χ3n) is 2.47. The van der Waals surface area contributed by atoms with E-state index in [9.17, 15) is 14.9 Å². The van der Waals surface area contributed by atoms with Gasteiger partial charge in [0.2, 0.25) is 6.33 Å². The molecule has 9 nitrogen and oxygen atoms in total. The predicted molar refractivity (Wildman–Crippen MR) is 73.6 cm³/mol. The van der Waals surface area contributed by atoms with Crippen molar-refractivity contribution in [1.82, 2.24) is 20.2 Å². The molecule has 0 saturated carbocycles. The van der Waals surface area contributed by atoms with Crippen LogP contribution in [0.15, 0.2) is 35.7 Å². The summed E-state index contributed by atoms with van der Waals surface area (Å²) < 4.78 is 1.06. The topological polar surface area (TPSA) is 115 Å². The van der Waals surface area contributed by atoms with Crippen molar-refractivity contribution in [2.24, 2.45) is 5.10 Å². The van der Waals surface area contributed by atoms with Gasteiger partial charge in [-0.25, -0.2) is 5.43 Å². The Balaban J connectivity index is 1.86. The number of aryl methyl sites for hydroxylation is 1. The van der Waals surface area contributed by atoms with Crippen LogP contribution in [0.25, 0.3) is 0 Å². The first-order chi connectivity index (χ1) is 10.0. The van der Waals surface area contributed by atoms with Gasteiger partial charge in [0.1, 0.15) is 6.54 Å². The van der Waals surface area contributed by atoms with Gasteiger partial charge in [-0.3, -0.25) is 4.79 Å². The largest absolute Gasteiger partial charge is 0.490 e. The van der Waals surface area contributed by atoms with E-state index in [1.165, 1.54) is 6.21 Å². The van der Waals surface area contributed by atoms with Gasteiger partial charge < -0.3 is 10.1 Å². The molecule has 2 aromatic rings. The molecule has 2 rings (SSSR count). The molecular formula is C12H12N6O3. The number of hydrogen-bond acceptors (Lipinski definition) is 6. The summed E-state index contributed by atoms with van der Waals surface area (Å²) in [4.78, 5) is 24.7. The van der Waals surface area contributed by atoms with Crippen LogP contribution in [-0.4, -0.2) is 31.8 Å². The fraction of sp³-hybridized carbons (Fsp3) is 0.167. The summed E-state index contributed by atoms with van der Waals surface area (Å²) in [6.07, 6.45) is 2.61. The van der Waals surface area contributed by atoms with Crippen LogP contribution in [0.1, 0.15) is 11.1 Å². The van der Waals surface area contributed by atoms with E-state index in [2.05, 4.69) is 20.6 Å². The highest BCUT2D eigenvalue weighted by molar-refractivity contribution is 5.82. The third kappa shape index (κ3) is 4.20. The lowest BCUT2D eigenvalue weighted by molar-refractivity contribution is -0.394. The van der Waals surface area contributed by atoms with E-state index in [-0.39, 0.29) is 6.54 Å². The van der Waals surface area contributed by atoms with E-state index in [0.29, 0.717) is 0 Å². The van der Waals surface area contributed by atoms with Crippen molar-refractivity contribution in [2.75, 3.05) is 0 Å². The van der Waals surface area contributed by atoms with E-state index >= 15 is 0 Å². The summed E-state index contributed by atoms with van der Waals surface area (Å²) in [5.74, 6) is -1.01. The van der Waals surface area contributed by atoms with Gasteiger partial charge in [-0.1, -0.05) is 34.8 Å². The molecule has 1 amide bonds. The molecule has 0 saturated heterocycles. The number of hydrazone groups is 1. The number of aromatic nitrogens is 3. The molecule has 21 heavy (non-hydrogen) atoms. The monoisotopic (exact) mass is 288 g/mol. The Morgan fingerprint density at radius 2 is 2.19 bits per heavy atom. The Kier molecular flexibility index (Phi) is 4.34. The molecule has 0 aliphatic carbocycles. The van der Waals surface area contributed by atoms with Crippen molar-refractivity contribution in [3.05, 3.63) is 51.8 Å². The maximum atomic E-state index is 11.6. The summed E-state index contributed by atoms with van der Waals surface area (Å²) in [5, 5.41) is 17.7. The zero-order valence-corrected chi connectivity index (χ0v) is 11.1. The average molecular weight is 288 g/mol. The number of amides is 1. The summed E-state index contributed by atoms with van der Waals surface area (Å²) in [5.41, 5.74) is 4.28. The van der Waals surface area contributed by atoms with Crippen LogP contribution in [0.4, 0.5) is 5.95 Å². The van der Waals surface area contributed by atoms with Crippen LogP contribution in [0, 0.1) is 17.0 Å². The van der Waals surface area contributed by atoms with Gasteiger partial charge in [-0.05, 0) is 17.4 Å². The molecule has 0 aliphatic rings. The number of carbonyl (C=O) groups excluding carboxylic acids is 1. The third-order valence-corrected chi connectivity index (χ3v) is 2.47. The van der Waals surface area contributed by atoms with Crippen LogP contribution in [-0.2, 0) is 11.3 Å². The van der Waals surface area contributed by atoms with Crippen molar-refractivity contribution in [1.29, 1.82) is 0 Å². The molecule has 108 valence electrons. The van der Waals surface area contributed by atoms with Crippen molar-refractivity contribution in [3.63, 3.8) is 0 Å². The minimum Gasteiger partial charge on any atom is -0.390 e. The molecule has 1 aromatic heterocycles. The predicted octanol–water partition coefficient (Wildman–Crippen LogP) is 0.645. The SMILES string of the molecule is Cc1ccc(/C=N\NC(=O)Cn2cnc([N+](=O)[O-])n2)cc1. The standard InChI is InChI=1S/C12H12N6O3/c1-9-2-4-10(5-3-9)6-14-15-11(19)7-17-8-13-12(16-17)18(20)21/h2-6,8H,7H2,1H3,(H,15,19)/b14-6-. The van der Waals surface area contributed by atoms with Crippen LogP contribution in [0.2, 0.25) is 0 Å². The highest BCUT2D eigenvalue weighted by Gasteiger charge is 2.14. The fourth-order valence-electron chi connectivity index (χ4n) is 1.46. The van der Waals surface area contributed by atoms with E-state index < -0.39 is 16.8 Å². The quantitative estimate of drug-likeness (QED) is 0.492. The van der Waals surface area contributed by atoms with Crippen LogP contribution in [0.5, 0.6) is 0 Å². The first-order valence-electron chi connectivity index (χ1n) is 5.97. The average Bonchev–Trinajstić information content (AvgIpc) is 2.90. The minimum absolute atomic E-state index is 0.202. The molecule has 0 spiro atoms. The van der Waals surface area contributed by atoms with Gasteiger partial charge in [-0.15, -0.1) is 0 Å². The maximum absolute atomic E-state index is 11.6. The van der Waals surface area contributed by atoms with Crippen LogP contribution in [0.3, 0.4) is 0 Å². The molecule has 0 bridgehead atoms. The van der Waals surface area contributed by atoms with Gasteiger partial charge in [0.25, 0.3) is 5.91 Å². The second-order valence-electron chi connectivity index (χ2n) is 4.20. The molecule has 9 heteroatoms. The Morgan fingerprint density at radius 1 is 1.48 bits per heavy atom. The molecule has 1 aromatic carbocycles. The number of nitro groups is 1. The Labute approximate surface area is 119 Å². The van der Waals surface area contributed by atoms with Crippen molar-refractivity contribution >= 4 is 18.1 Å². The number of carbonyl (C=O) groups is 1. The Hall–Kier alpha value is -3.10. The number of hydrogen-bond donors (Lipinski definition) is 1. The van der Waals surface area contributed by atoms with Crippen LogP contribution >= 0.6 is 0 Å². The van der Waals surface area contributed by atoms with Crippen molar-refractivity contribution in [3.8, 4) is 0 Å². The molecule has 1 heterocycles. The molecule has 0 fully saturated rings. The first-order valence-corrected chi connectivity index (χ1v) is 5.97. The lowest BCUT2D eigenvalue weighted by Gasteiger charge is -1.97. The number of nitrogens with zero attached hydrogens (tertiary/aromatic N) is 5. The van der Waals surface area contributed by atoms with E-state index in [0.717, 1.165) is 22.1 Å². The highest BCUT2D eigenvalue weighted by atomic mass is 16.6.